The summed E-state index contributed by atoms with van der Waals surface area (Å²) < 4.78 is 65.5. The van der Waals surface area contributed by atoms with Crippen molar-refractivity contribution in [3.63, 3.8) is 0 Å². The molecular weight excluding hydrogens is 487 g/mol. The number of pyridine rings is 1. The van der Waals surface area contributed by atoms with Gasteiger partial charge < -0.3 is 16.0 Å². The molecule has 1 aromatic carbocycles. The number of aromatic nitrogens is 3. The second kappa shape index (κ2) is 10.1. The van der Waals surface area contributed by atoms with Crippen LogP contribution in [-0.4, -0.2) is 49.6 Å². The van der Waals surface area contributed by atoms with E-state index in [1.54, 1.807) is 12.1 Å². The molecule has 0 bridgehead atoms. The molecule has 0 spiro atoms. The summed E-state index contributed by atoms with van der Waals surface area (Å²) in [6, 6.07) is 9.19. The highest BCUT2D eigenvalue weighted by Crippen LogP contribution is 2.34. The molecule has 0 aliphatic rings. The van der Waals surface area contributed by atoms with Crippen LogP contribution in [0.25, 0.3) is 0 Å². The maximum Gasteiger partial charge on any atom is 0.421 e. The number of nitrogens with zero attached hydrogens (tertiary/aromatic N) is 4. The minimum Gasteiger partial charge on any atom is -0.364 e. The molecule has 2 heterocycles. The lowest BCUT2D eigenvalue weighted by molar-refractivity contribution is -0.137. The van der Waals surface area contributed by atoms with Gasteiger partial charge in [0.25, 0.3) is 5.91 Å². The zero-order chi connectivity index (χ0) is 25.8. The van der Waals surface area contributed by atoms with Gasteiger partial charge >= 0.3 is 6.18 Å². The first-order chi connectivity index (χ1) is 16.4. The van der Waals surface area contributed by atoms with E-state index in [4.69, 9.17) is 0 Å². The van der Waals surface area contributed by atoms with Crippen molar-refractivity contribution in [2.24, 2.45) is 0 Å². The highest BCUT2D eigenvalue weighted by atomic mass is 32.2. The fourth-order valence-corrected chi connectivity index (χ4v) is 3.48. The maximum absolute atomic E-state index is 13.6. The summed E-state index contributed by atoms with van der Waals surface area (Å²) in [5.41, 5.74) is 0.155. The quantitative estimate of drug-likeness (QED) is 0.423. The van der Waals surface area contributed by atoms with Crippen LogP contribution in [0.1, 0.15) is 21.6 Å². The van der Waals surface area contributed by atoms with Crippen molar-refractivity contribution in [2.45, 2.75) is 12.7 Å². The number of carbonyl (C=O) groups is 1. The van der Waals surface area contributed by atoms with Crippen molar-refractivity contribution in [3.05, 3.63) is 65.6 Å². The Morgan fingerprint density at radius 2 is 1.80 bits per heavy atom. The summed E-state index contributed by atoms with van der Waals surface area (Å²) in [5.74, 6) is -0.928. The van der Waals surface area contributed by atoms with E-state index >= 15 is 0 Å². The first-order valence-corrected chi connectivity index (χ1v) is 11.9. The number of rotatable bonds is 8. The Kier molecular flexibility index (Phi) is 7.43. The molecule has 0 fully saturated rings. The Labute approximate surface area is 199 Å². The Bertz CT molecular complexity index is 1320. The minimum atomic E-state index is -4.74. The minimum absolute atomic E-state index is 0.123. The zero-order valence-electron chi connectivity index (χ0n) is 18.9. The van der Waals surface area contributed by atoms with E-state index in [1.165, 1.54) is 44.6 Å². The number of amides is 1. The van der Waals surface area contributed by atoms with Gasteiger partial charge in [0.1, 0.15) is 11.4 Å². The van der Waals surface area contributed by atoms with Crippen molar-refractivity contribution < 1.29 is 26.4 Å². The summed E-state index contributed by atoms with van der Waals surface area (Å²) >= 11 is 0. The van der Waals surface area contributed by atoms with Gasteiger partial charge in [-0.05, 0) is 36.4 Å². The number of hydrogen-bond donors (Lipinski definition) is 3. The van der Waals surface area contributed by atoms with Crippen LogP contribution in [0.2, 0.25) is 0 Å². The van der Waals surface area contributed by atoms with Crippen LogP contribution in [0, 0.1) is 0 Å². The van der Waals surface area contributed by atoms with E-state index in [-0.39, 0.29) is 29.8 Å². The fourth-order valence-electron chi connectivity index (χ4n) is 2.96. The molecule has 0 saturated heterocycles. The van der Waals surface area contributed by atoms with Crippen LogP contribution in [0.3, 0.4) is 0 Å². The second-order valence-corrected chi connectivity index (χ2v) is 9.30. The van der Waals surface area contributed by atoms with E-state index in [0.29, 0.717) is 17.4 Å². The van der Waals surface area contributed by atoms with Gasteiger partial charge in [0, 0.05) is 37.7 Å². The lowest BCUT2D eigenvalue weighted by Gasteiger charge is -2.20. The molecule has 186 valence electrons. The largest absolute Gasteiger partial charge is 0.421 e. The summed E-state index contributed by atoms with van der Waals surface area (Å²) in [4.78, 5) is 23.5. The number of hydrogen-bond acceptors (Lipinski definition) is 8. The van der Waals surface area contributed by atoms with E-state index in [0.717, 1.165) is 10.6 Å². The summed E-state index contributed by atoms with van der Waals surface area (Å²) in [7, 11) is -0.809. The average molecular weight is 510 g/mol. The Morgan fingerprint density at radius 1 is 1.11 bits per heavy atom. The number of nitrogens with one attached hydrogen (secondary N) is 3. The summed E-state index contributed by atoms with van der Waals surface area (Å²) in [5, 5.41) is 7.87. The van der Waals surface area contributed by atoms with Crippen LogP contribution in [-0.2, 0) is 22.7 Å². The highest BCUT2D eigenvalue weighted by molar-refractivity contribution is 7.92. The number of halogens is 3. The topological polar surface area (TPSA) is 129 Å². The van der Waals surface area contributed by atoms with Crippen molar-refractivity contribution in [1.29, 1.82) is 0 Å². The van der Waals surface area contributed by atoms with E-state index in [2.05, 4.69) is 30.9 Å². The molecule has 0 atom stereocenters. The molecule has 0 radical (unpaired) electrons. The number of alkyl halides is 3. The lowest BCUT2D eigenvalue weighted by atomic mass is 10.2. The third-order valence-electron chi connectivity index (χ3n) is 4.85. The van der Waals surface area contributed by atoms with Gasteiger partial charge in [-0.3, -0.25) is 14.1 Å². The first kappa shape index (κ1) is 25.7. The predicted molar refractivity (Wildman–Crippen MR) is 125 cm³/mol. The lowest BCUT2D eigenvalue weighted by Crippen LogP contribution is -2.26. The SMILES string of the molecule is CNC(=O)c1ccc(Nc2ncc(C(F)(F)F)c(NCc3ncccc3N(C)S(C)(=O)=O)n2)cc1. The molecule has 10 nitrogen and oxygen atoms in total. The fraction of sp³-hybridized carbons (Fsp3) is 0.238. The Balaban J connectivity index is 1.88. The van der Waals surface area contributed by atoms with Crippen molar-refractivity contribution in [3.8, 4) is 0 Å². The van der Waals surface area contributed by atoms with Crippen molar-refractivity contribution in [1.82, 2.24) is 20.3 Å². The number of carbonyl (C=O) groups excluding carboxylic acids is 1. The monoisotopic (exact) mass is 509 g/mol. The molecule has 3 aromatic rings. The molecular formula is C21H22F3N7O3S. The highest BCUT2D eigenvalue weighted by Gasteiger charge is 2.35. The standard InChI is InChI=1S/C21H22F3N7O3S/c1-25-19(32)13-6-8-14(9-7-13)29-20-28-11-15(21(22,23)24)18(30-20)27-12-16-17(5-4-10-26-16)31(2)35(3,33)34/h4-11H,12H2,1-3H3,(H,25,32)(H2,27,28,29,30). The van der Waals surface area contributed by atoms with Gasteiger partial charge in [0.2, 0.25) is 16.0 Å². The molecule has 35 heavy (non-hydrogen) atoms. The molecule has 1 amide bonds. The third-order valence-corrected chi connectivity index (χ3v) is 6.04. The van der Waals surface area contributed by atoms with Crippen molar-refractivity contribution in [2.75, 3.05) is 35.3 Å². The maximum atomic E-state index is 13.6. The van der Waals surface area contributed by atoms with Gasteiger partial charge in [-0.2, -0.15) is 18.2 Å². The van der Waals surface area contributed by atoms with E-state index in [1.807, 2.05) is 0 Å². The number of benzene rings is 1. The van der Waals surface area contributed by atoms with E-state index < -0.39 is 27.6 Å². The third kappa shape index (κ3) is 6.35. The van der Waals surface area contributed by atoms with Crippen LogP contribution in [0.15, 0.2) is 48.8 Å². The van der Waals surface area contributed by atoms with Crippen LogP contribution in [0.4, 0.5) is 36.3 Å². The summed E-state index contributed by atoms with van der Waals surface area (Å²) in [6.07, 6.45) is -1.70. The molecule has 14 heteroatoms. The molecule has 0 aliphatic heterocycles. The van der Waals surface area contributed by atoms with Gasteiger partial charge in [-0.1, -0.05) is 0 Å². The van der Waals surface area contributed by atoms with Crippen molar-refractivity contribution >= 4 is 39.1 Å². The van der Waals surface area contributed by atoms with E-state index in [9.17, 15) is 26.4 Å². The molecule has 0 unspecified atom stereocenters. The molecule has 3 N–H and O–H groups in total. The Hall–Kier alpha value is -3.94. The van der Waals surface area contributed by atoms with Gasteiger partial charge in [0.15, 0.2) is 0 Å². The van der Waals surface area contributed by atoms with Crippen LogP contribution < -0.4 is 20.3 Å². The molecule has 0 saturated carbocycles. The first-order valence-electron chi connectivity index (χ1n) is 10.0. The molecule has 3 rings (SSSR count). The second-order valence-electron chi connectivity index (χ2n) is 7.29. The van der Waals surface area contributed by atoms with Crippen LogP contribution >= 0.6 is 0 Å². The smallest absolute Gasteiger partial charge is 0.364 e. The Morgan fingerprint density at radius 3 is 2.40 bits per heavy atom. The predicted octanol–water partition coefficient (Wildman–Crippen LogP) is 3.00. The number of sulfonamides is 1. The zero-order valence-corrected chi connectivity index (χ0v) is 19.7. The van der Waals surface area contributed by atoms with Crippen LogP contribution in [0.5, 0.6) is 0 Å². The average Bonchev–Trinajstić information content (AvgIpc) is 2.81. The molecule has 0 aliphatic carbocycles. The van der Waals surface area contributed by atoms with Gasteiger partial charge in [0.05, 0.1) is 24.2 Å². The normalized spacial score (nSPS) is 11.6. The summed E-state index contributed by atoms with van der Waals surface area (Å²) in [6.45, 7) is -0.240. The van der Waals surface area contributed by atoms with Gasteiger partial charge in [-0.25, -0.2) is 13.4 Å². The molecule has 2 aromatic heterocycles. The number of anilines is 4. The van der Waals surface area contributed by atoms with Gasteiger partial charge in [-0.15, -0.1) is 0 Å².